The Morgan fingerprint density at radius 1 is 1.07 bits per heavy atom. The molecule has 0 saturated heterocycles. The van der Waals surface area contributed by atoms with Gasteiger partial charge in [0.05, 0.1) is 19.3 Å². The number of methoxy groups -OCH3 is 1. The smallest absolute Gasteiger partial charge is 0.329 e. The van der Waals surface area contributed by atoms with Crippen molar-refractivity contribution >= 4 is 5.97 Å². The van der Waals surface area contributed by atoms with Gasteiger partial charge in [-0.1, -0.05) is 24.3 Å². The van der Waals surface area contributed by atoms with Crippen molar-refractivity contribution < 1.29 is 24.1 Å². The minimum Gasteiger partial charge on any atom is -0.497 e. The second-order valence-electron chi connectivity index (χ2n) is 7.18. The number of hydrogen-bond acceptors (Lipinski definition) is 4. The Hall–Kier alpha value is -2.53. The molecule has 0 unspecified atom stereocenters. The lowest BCUT2D eigenvalue weighted by Crippen LogP contribution is -2.31. The van der Waals surface area contributed by atoms with Crippen LogP contribution in [0.2, 0.25) is 0 Å². The van der Waals surface area contributed by atoms with E-state index in [0.717, 1.165) is 35.5 Å². The molecule has 0 radical (unpaired) electrons. The standard InChI is InChI=1S/C22H26O5/c1-14(2)27-21-11-17(8-19(12-21)25-3)15-4-6-16(7-5-15)18-9-20(10-18)26-13-22(23)24/h4-8,11-12,14,18,20H,9-10,13H2,1-3H3,(H,23,24)/t18-,20+. The van der Waals surface area contributed by atoms with Crippen molar-refractivity contribution in [2.75, 3.05) is 13.7 Å². The molecule has 1 N–H and O–H groups in total. The summed E-state index contributed by atoms with van der Waals surface area (Å²) >= 11 is 0. The number of carbonyl (C=O) groups is 1. The Bertz CT molecular complexity index is 776. The van der Waals surface area contributed by atoms with Gasteiger partial charge in [0.25, 0.3) is 0 Å². The molecule has 1 aliphatic rings. The van der Waals surface area contributed by atoms with Crippen LogP contribution in [0.3, 0.4) is 0 Å². The first-order valence-corrected chi connectivity index (χ1v) is 9.24. The molecular formula is C22H26O5. The third-order valence-corrected chi connectivity index (χ3v) is 4.74. The zero-order chi connectivity index (χ0) is 19.4. The Morgan fingerprint density at radius 2 is 1.74 bits per heavy atom. The van der Waals surface area contributed by atoms with Crippen molar-refractivity contribution in [1.29, 1.82) is 0 Å². The predicted molar refractivity (Wildman–Crippen MR) is 104 cm³/mol. The van der Waals surface area contributed by atoms with Gasteiger partial charge in [-0.05, 0) is 61.4 Å². The van der Waals surface area contributed by atoms with Crippen molar-refractivity contribution in [1.82, 2.24) is 0 Å². The van der Waals surface area contributed by atoms with E-state index in [0.29, 0.717) is 5.92 Å². The van der Waals surface area contributed by atoms with Gasteiger partial charge in [0.1, 0.15) is 18.1 Å². The molecule has 1 fully saturated rings. The molecule has 1 aliphatic carbocycles. The van der Waals surface area contributed by atoms with Crippen molar-refractivity contribution in [3.63, 3.8) is 0 Å². The van der Waals surface area contributed by atoms with Crippen LogP contribution in [0, 0.1) is 0 Å². The lowest BCUT2D eigenvalue weighted by atomic mass is 9.77. The van der Waals surface area contributed by atoms with Crippen molar-refractivity contribution in [2.45, 2.75) is 44.8 Å². The average Bonchev–Trinajstić information content (AvgIpc) is 2.59. The van der Waals surface area contributed by atoms with Gasteiger partial charge in [-0.3, -0.25) is 0 Å². The fourth-order valence-corrected chi connectivity index (χ4v) is 3.31. The number of ether oxygens (including phenoxy) is 3. The van der Waals surface area contributed by atoms with Crippen molar-refractivity contribution in [3.8, 4) is 22.6 Å². The molecule has 0 atom stereocenters. The molecule has 0 aromatic heterocycles. The van der Waals surface area contributed by atoms with E-state index in [-0.39, 0.29) is 18.8 Å². The molecule has 0 aliphatic heterocycles. The van der Waals surface area contributed by atoms with Gasteiger partial charge in [-0.25, -0.2) is 4.79 Å². The molecule has 5 heteroatoms. The molecule has 5 nitrogen and oxygen atoms in total. The van der Waals surface area contributed by atoms with Crippen LogP contribution in [0.25, 0.3) is 11.1 Å². The van der Waals surface area contributed by atoms with Gasteiger partial charge in [-0.2, -0.15) is 0 Å². The molecule has 144 valence electrons. The average molecular weight is 370 g/mol. The predicted octanol–water partition coefficient (Wildman–Crippen LogP) is 4.50. The van der Waals surface area contributed by atoms with Crippen LogP contribution in [-0.2, 0) is 9.53 Å². The monoisotopic (exact) mass is 370 g/mol. The molecule has 2 aromatic carbocycles. The number of hydrogen-bond donors (Lipinski definition) is 1. The summed E-state index contributed by atoms with van der Waals surface area (Å²) in [6, 6.07) is 14.4. The summed E-state index contributed by atoms with van der Waals surface area (Å²) < 4.78 is 16.6. The molecule has 2 aromatic rings. The number of benzene rings is 2. The lowest BCUT2D eigenvalue weighted by Gasteiger charge is -2.35. The first-order valence-electron chi connectivity index (χ1n) is 9.24. The van der Waals surface area contributed by atoms with Gasteiger partial charge in [0, 0.05) is 6.07 Å². The van der Waals surface area contributed by atoms with E-state index in [4.69, 9.17) is 19.3 Å². The minimum atomic E-state index is -0.915. The molecule has 0 amide bonds. The summed E-state index contributed by atoms with van der Waals surface area (Å²) in [7, 11) is 1.65. The number of carboxylic acids is 1. The third kappa shape index (κ3) is 5.01. The fraction of sp³-hybridized carbons (Fsp3) is 0.409. The summed E-state index contributed by atoms with van der Waals surface area (Å²) in [4.78, 5) is 10.6. The summed E-state index contributed by atoms with van der Waals surface area (Å²) in [5.74, 6) is 1.08. The molecule has 3 rings (SSSR count). The van der Waals surface area contributed by atoms with Crippen molar-refractivity contribution in [2.24, 2.45) is 0 Å². The highest BCUT2D eigenvalue weighted by Gasteiger charge is 2.31. The maximum atomic E-state index is 10.6. The summed E-state index contributed by atoms with van der Waals surface area (Å²) in [6.45, 7) is 3.78. The SMILES string of the molecule is COc1cc(OC(C)C)cc(-c2ccc([C@H]3C[C@@H](OCC(=O)O)C3)cc2)c1. The van der Waals surface area contributed by atoms with Crippen molar-refractivity contribution in [3.05, 3.63) is 48.0 Å². The van der Waals surface area contributed by atoms with Crippen LogP contribution >= 0.6 is 0 Å². The van der Waals surface area contributed by atoms with E-state index >= 15 is 0 Å². The van der Waals surface area contributed by atoms with Gasteiger partial charge < -0.3 is 19.3 Å². The van der Waals surface area contributed by atoms with E-state index in [1.807, 2.05) is 32.0 Å². The highest BCUT2D eigenvalue weighted by Crippen LogP contribution is 2.39. The molecule has 0 spiro atoms. The van der Waals surface area contributed by atoms with E-state index in [1.165, 1.54) is 5.56 Å². The zero-order valence-corrected chi connectivity index (χ0v) is 16.0. The topological polar surface area (TPSA) is 65.0 Å². The Kier molecular flexibility index (Phi) is 6.01. The lowest BCUT2D eigenvalue weighted by molar-refractivity contribution is -0.146. The highest BCUT2D eigenvalue weighted by atomic mass is 16.5. The molecular weight excluding hydrogens is 344 g/mol. The van der Waals surface area contributed by atoms with E-state index < -0.39 is 5.97 Å². The Labute approximate surface area is 159 Å². The van der Waals surface area contributed by atoms with E-state index in [9.17, 15) is 4.79 Å². The first-order chi connectivity index (χ1) is 12.9. The largest absolute Gasteiger partial charge is 0.497 e. The normalized spacial score (nSPS) is 18.8. The summed E-state index contributed by atoms with van der Waals surface area (Å²) in [5.41, 5.74) is 3.41. The molecule has 0 bridgehead atoms. The van der Waals surface area contributed by atoms with Crippen LogP contribution in [0.5, 0.6) is 11.5 Å². The van der Waals surface area contributed by atoms with E-state index in [2.05, 4.69) is 24.3 Å². The van der Waals surface area contributed by atoms with Gasteiger partial charge in [0.2, 0.25) is 0 Å². The Morgan fingerprint density at radius 3 is 2.33 bits per heavy atom. The van der Waals surface area contributed by atoms with Crippen LogP contribution in [0.15, 0.2) is 42.5 Å². The van der Waals surface area contributed by atoms with Crippen LogP contribution in [-0.4, -0.2) is 37.0 Å². The first kappa shape index (κ1) is 19.2. The van der Waals surface area contributed by atoms with Crippen LogP contribution in [0.4, 0.5) is 0 Å². The maximum absolute atomic E-state index is 10.6. The van der Waals surface area contributed by atoms with E-state index in [1.54, 1.807) is 7.11 Å². The van der Waals surface area contributed by atoms with Gasteiger partial charge >= 0.3 is 5.97 Å². The van der Waals surface area contributed by atoms with Crippen LogP contribution < -0.4 is 9.47 Å². The number of carboxylic acid groups (broad SMARTS) is 1. The maximum Gasteiger partial charge on any atom is 0.329 e. The summed E-state index contributed by atoms with van der Waals surface area (Å²) in [6.07, 6.45) is 1.90. The van der Waals surface area contributed by atoms with Gasteiger partial charge in [0.15, 0.2) is 0 Å². The third-order valence-electron chi connectivity index (χ3n) is 4.74. The zero-order valence-electron chi connectivity index (χ0n) is 16.0. The molecule has 0 heterocycles. The molecule has 1 saturated carbocycles. The second-order valence-corrected chi connectivity index (χ2v) is 7.18. The minimum absolute atomic E-state index is 0.0555. The quantitative estimate of drug-likeness (QED) is 0.741. The number of aliphatic carboxylic acids is 1. The summed E-state index contributed by atoms with van der Waals surface area (Å²) in [5, 5.41) is 8.67. The number of rotatable bonds is 8. The second kappa shape index (κ2) is 8.44. The molecule has 27 heavy (non-hydrogen) atoms. The Balaban J connectivity index is 1.68. The highest BCUT2D eigenvalue weighted by molar-refractivity contribution is 5.68. The fourth-order valence-electron chi connectivity index (χ4n) is 3.31. The van der Waals surface area contributed by atoms with Crippen LogP contribution in [0.1, 0.15) is 38.2 Å². The van der Waals surface area contributed by atoms with Gasteiger partial charge in [-0.15, -0.1) is 0 Å².